The van der Waals surface area contributed by atoms with Gasteiger partial charge in [0.15, 0.2) is 0 Å². The molecule has 1 fully saturated rings. The van der Waals surface area contributed by atoms with Crippen molar-refractivity contribution < 1.29 is 19.3 Å². The van der Waals surface area contributed by atoms with Crippen molar-refractivity contribution in [2.45, 2.75) is 0 Å². The number of quaternary nitrogens is 1. The highest BCUT2D eigenvalue weighted by atomic mass is 16.2. The van der Waals surface area contributed by atoms with E-state index >= 15 is 0 Å². The van der Waals surface area contributed by atoms with Crippen LogP contribution < -0.4 is 4.90 Å². The Balaban J connectivity index is 1.27. The van der Waals surface area contributed by atoms with Crippen molar-refractivity contribution in [3.8, 4) is 0 Å². The van der Waals surface area contributed by atoms with Crippen LogP contribution in [0.2, 0.25) is 0 Å². The summed E-state index contributed by atoms with van der Waals surface area (Å²) in [6, 6.07) is 16.9. The van der Waals surface area contributed by atoms with Crippen LogP contribution in [0.25, 0.3) is 6.08 Å². The van der Waals surface area contributed by atoms with Crippen LogP contribution in [-0.4, -0.2) is 66.8 Å². The molecule has 1 saturated heterocycles. The van der Waals surface area contributed by atoms with Gasteiger partial charge in [-0.25, -0.2) is 0 Å². The van der Waals surface area contributed by atoms with E-state index in [1.165, 1.54) is 10.5 Å². The molecule has 0 bridgehead atoms. The molecule has 148 valence electrons. The van der Waals surface area contributed by atoms with Gasteiger partial charge in [0, 0.05) is 0 Å². The number of fused-ring (bicyclic) bond motifs is 1. The molecule has 0 atom stereocenters. The van der Waals surface area contributed by atoms with Crippen LogP contribution in [0.1, 0.15) is 26.3 Å². The first kappa shape index (κ1) is 19.1. The molecule has 2 aromatic rings. The number of nitrogens with one attached hydrogen (secondary N) is 1. The molecule has 3 amide bonds. The lowest BCUT2D eigenvalue weighted by Gasteiger charge is -2.32. The van der Waals surface area contributed by atoms with E-state index in [-0.39, 0.29) is 24.3 Å². The molecule has 2 aromatic carbocycles. The molecular formula is C23H24N3O3+. The Kier molecular flexibility index (Phi) is 5.53. The van der Waals surface area contributed by atoms with Crippen LogP contribution in [0, 0.1) is 0 Å². The number of piperazine rings is 1. The number of nitrogens with zero attached hydrogens (tertiary/aromatic N) is 2. The molecule has 0 unspecified atom stereocenters. The first-order valence-electron chi connectivity index (χ1n) is 9.91. The second kappa shape index (κ2) is 8.41. The Bertz CT molecular complexity index is 912. The summed E-state index contributed by atoms with van der Waals surface area (Å²) < 4.78 is 0. The minimum absolute atomic E-state index is 0.168. The van der Waals surface area contributed by atoms with Crippen LogP contribution in [0.3, 0.4) is 0 Å². The molecule has 2 heterocycles. The molecule has 29 heavy (non-hydrogen) atoms. The van der Waals surface area contributed by atoms with Crippen LogP contribution in [0.15, 0.2) is 60.7 Å². The number of hydrogen-bond acceptors (Lipinski definition) is 3. The molecule has 0 spiro atoms. The largest absolute Gasteiger partial charge is 0.330 e. The molecule has 2 aliphatic heterocycles. The third kappa shape index (κ3) is 4.12. The molecule has 0 saturated carbocycles. The van der Waals surface area contributed by atoms with E-state index in [4.69, 9.17) is 0 Å². The zero-order valence-corrected chi connectivity index (χ0v) is 16.2. The summed E-state index contributed by atoms with van der Waals surface area (Å²) in [6.07, 6.45) is 4.29. The molecule has 4 rings (SSSR count). The summed E-state index contributed by atoms with van der Waals surface area (Å²) in [5.41, 5.74) is 1.94. The fourth-order valence-corrected chi connectivity index (χ4v) is 3.82. The molecule has 0 aromatic heterocycles. The van der Waals surface area contributed by atoms with Gasteiger partial charge in [0.2, 0.25) is 5.91 Å². The van der Waals surface area contributed by atoms with Gasteiger partial charge in [-0.1, -0.05) is 48.5 Å². The number of carbonyl (C=O) groups is 3. The zero-order chi connectivity index (χ0) is 20.2. The Hall–Kier alpha value is -3.25. The third-order valence-corrected chi connectivity index (χ3v) is 5.51. The van der Waals surface area contributed by atoms with Crippen molar-refractivity contribution >= 4 is 23.8 Å². The van der Waals surface area contributed by atoms with Crippen LogP contribution in [-0.2, 0) is 4.79 Å². The van der Waals surface area contributed by atoms with Gasteiger partial charge in [-0.2, -0.15) is 0 Å². The van der Waals surface area contributed by atoms with Crippen molar-refractivity contribution in [2.75, 3.05) is 39.3 Å². The van der Waals surface area contributed by atoms with Gasteiger partial charge in [-0.15, -0.1) is 0 Å². The number of amides is 3. The monoisotopic (exact) mass is 390 g/mol. The molecule has 2 aliphatic rings. The summed E-state index contributed by atoms with van der Waals surface area (Å²) in [4.78, 5) is 41.8. The number of carbonyl (C=O) groups excluding carboxylic acids is 3. The van der Waals surface area contributed by atoms with Crippen molar-refractivity contribution in [2.24, 2.45) is 0 Å². The Labute approximate surface area is 170 Å². The van der Waals surface area contributed by atoms with Crippen molar-refractivity contribution in [1.82, 2.24) is 9.80 Å². The van der Waals surface area contributed by atoms with Gasteiger partial charge in [0.25, 0.3) is 11.8 Å². The van der Waals surface area contributed by atoms with Crippen molar-refractivity contribution in [3.05, 3.63) is 77.4 Å². The van der Waals surface area contributed by atoms with Gasteiger partial charge in [0.1, 0.15) is 6.54 Å². The minimum Gasteiger partial charge on any atom is -0.330 e. The maximum Gasteiger partial charge on any atom is 0.262 e. The molecule has 0 aliphatic carbocycles. The summed E-state index contributed by atoms with van der Waals surface area (Å²) >= 11 is 0. The van der Waals surface area contributed by atoms with E-state index < -0.39 is 0 Å². The molecule has 0 radical (unpaired) electrons. The van der Waals surface area contributed by atoms with E-state index in [1.54, 1.807) is 29.2 Å². The van der Waals surface area contributed by atoms with E-state index in [1.807, 2.05) is 18.2 Å². The maximum atomic E-state index is 12.7. The Morgan fingerprint density at radius 1 is 0.897 bits per heavy atom. The van der Waals surface area contributed by atoms with Crippen LogP contribution in [0.4, 0.5) is 0 Å². The smallest absolute Gasteiger partial charge is 0.262 e. The lowest BCUT2D eigenvalue weighted by Crippen LogP contribution is -3.14. The lowest BCUT2D eigenvalue weighted by molar-refractivity contribution is -0.898. The predicted octanol–water partition coefficient (Wildman–Crippen LogP) is 0.723. The normalized spacial score (nSPS) is 17.2. The summed E-state index contributed by atoms with van der Waals surface area (Å²) in [6.45, 7) is 3.71. The average molecular weight is 390 g/mol. The second-order valence-corrected chi connectivity index (χ2v) is 7.39. The SMILES string of the molecule is O=C(CN1C(=O)c2ccccc2C1=O)N1CC[NH+](C/C=C/c2ccccc2)CC1. The highest BCUT2D eigenvalue weighted by molar-refractivity contribution is 6.22. The number of hydrogen-bond donors (Lipinski definition) is 1. The summed E-state index contributed by atoms with van der Waals surface area (Å²) in [5.74, 6) is -0.929. The van der Waals surface area contributed by atoms with Gasteiger partial charge in [-0.05, 0) is 23.8 Å². The predicted molar refractivity (Wildman–Crippen MR) is 109 cm³/mol. The Morgan fingerprint density at radius 2 is 1.48 bits per heavy atom. The average Bonchev–Trinajstić information content (AvgIpc) is 3.00. The van der Waals surface area contributed by atoms with Gasteiger partial charge in [-0.3, -0.25) is 19.3 Å². The van der Waals surface area contributed by atoms with Gasteiger partial charge >= 0.3 is 0 Å². The van der Waals surface area contributed by atoms with Crippen molar-refractivity contribution in [3.63, 3.8) is 0 Å². The molecule has 6 heteroatoms. The first-order valence-corrected chi connectivity index (χ1v) is 9.91. The van der Waals surface area contributed by atoms with E-state index in [9.17, 15) is 14.4 Å². The number of imide groups is 1. The highest BCUT2D eigenvalue weighted by Crippen LogP contribution is 2.22. The van der Waals surface area contributed by atoms with Crippen LogP contribution >= 0.6 is 0 Å². The first-order chi connectivity index (χ1) is 14.1. The molecule has 1 N–H and O–H groups in total. The molecule has 6 nitrogen and oxygen atoms in total. The summed E-state index contributed by atoms with van der Waals surface area (Å²) in [5, 5.41) is 0. The van der Waals surface area contributed by atoms with E-state index in [0.29, 0.717) is 24.2 Å². The van der Waals surface area contributed by atoms with Gasteiger partial charge in [0.05, 0.1) is 43.9 Å². The fourth-order valence-electron chi connectivity index (χ4n) is 3.82. The fraction of sp³-hybridized carbons (Fsp3) is 0.261. The Morgan fingerprint density at radius 3 is 2.10 bits per heavy atom. The van der Waals surface area contributed by atoms with E-state index in [0.717, 1.165) is 24.5 Å². The molecular weight excluding hydrogens is 366 g/mol. The number of rotatable bonds is 5. The van der Waals surface area contributed by atoms with Gasteiger partial charge < -0.3 is 9.80 Å². The standard InChI is InChI=1S/C23H23N3O3/c27-21(17-26-22(28)19-10-4-5-11-20(19)23(26)29)25-15-13-24(14-16-25)12-6-9-18-7-2-1-3-8-18/h1-11H,12-17H2/p+1/b9-6+. The minimum atomic E-state index is -0.380. The summed E-state index contributed by atoms with van der Waals surface area (Å²) in [7, 11) is 0. The lowest BCUT2D eigenvalue weighted by atomic mass is 10.1. The second-order valence-electron chi connectivity index (χ2n) is 7.39. The third-order valence-electron chi connectivity index (χ3n) is 5.51. The van der Waals surface area contributed by atoms with Crippen molar-refractivity contribution in [1.29, 1.82) is 0 Å². The highest BCUT2D eigenvalue weighted by Gasteiger charge is 2.37. The quantitative estimate of drug-likeness (QED) is 0.766. The topological polar surface area (TPSA) is 62.1 Å². The van der Waals surface area contributed by atoms with Crippen LogP contribution in [0.5, 0.6) is 0 Å². The van der Waals surface area contributed by atoms with E-state index in [2.05, 4.69) is 24.3 Å². The zero-order valence-electron chi connectivity index (χ0n) is 16.2. The maximum absolute atomic E-state index is 12.7. The number of benzene rings is 2.